The first-order valence-corrected chi connectivity index (χ1v) is 7.49. The van der Waals surface area contributed by atoms with Crippen molar-refractivity contribution >= 4 is 32.6 Å². The number of carbonyl (C=O) groups is 1. The van der Waals surface area contributed by atoms with E-state index in [1.807, 2.05) is 30.3 Å². The van der Waals surface area contributed by atoms with Crippen LogP contribution in [0.5, 0.6) is 0 Å². The lowest BCUT2D eigenvalue weighted by Crippen LogP contribution is -2.24. The summed E-state index contributed by atoms with van der Waals surface area (Å²) in [7, 11) is 0. The van der Waals surface area contributed by atoms with Gasteiger partial charge < -0.3 is 5.32 Å². The van der Waals surface area contributed by atoms with Gasteiger partial charge in [-0.25, -0.2) is 0 Å². The first kappa shape index (κ1) is 12.7. The Bertz CT molecular complexity index is 619. The molecule has 0 heterocycles. The van der Waals surface area contributed by atoms with Crippen molar-refractivity contribution in [1.29, 1.82) is 0 Å². The van der Waals surface area contributed by atoms with Crippen LogP contribution in [0.2, 0.25) is 0 Å². The minimum atomic E-state index is 0.0328. The smallest absolute Gasteiger partial charge is 0.251 e. The summed E-state index contributed by atoms with van der Waals surface area (Å²) in [6.07, 6.45) is 3.79. The highest BCUT2D eigenvalue weighted by atomic mass is 79.9. The molecular formula is C16H16BrNO. The third-order valence-electron chi connectivity index (χ3n) is 3.60. The molecule has 98 valence electrons. The molecule has 2 aromatic rings. The van der Waals surface area contributed by atoms with Crippen molar-refractivity contribution < 1.29 is 4.79 Å². The predicted molar refractivity (Wildman–Crippen MR) is 81.3 cm³/mol. The van der Waals surface area contributed by atoms with Gasteiger partial charge in [0.1, 0.15) is 0 Å². The summed E-state index contributed by atoms with van der Waals surface area (Å²) in [6, 6.07) is 11.9. The fourth-order valence-electron chi connectivity index (χ4n) is 2.26. The SMILES string of the molecule is O=C(NCCC1CC1)c1ccc2cc(Br)ccc2c1. The summed E-state index contributed by atoms with van der Waals surface area (Å²) >= 11 is 3.45. The van der Waals surface area contributed by atoms with Crippen LogP contribution < -0.4 is 5.32 Å². The van der Waals surface area contributed by atoms with Crippen molar-refractivity contribution in [2.75, 3.05) is 6.54 Å². The molecule has 19 heavy (non-hydrogen) atoms. The molecule has 1 amide bonds. The van der Waals surface area contributed by atoms with E-state index in [2.05, 4.69) is 27.3 Å². The number of nitrogens with one attached hydrogen (secondary N) is 1. The van der Waals surface area contributed by atoms with Gasteiger partial charge in [-0.1, -0.05) is 40.9 Å². The first-order valence-electron chi connectivity index (χ1n) is 6.70. The third kappa shape index (κ3) is 3.16. The molecular weight excluding hydrogens is 302 g/mol. The molecule has 1 saturated carbocycles. The molecule has 1 fully saturated rings. The van der Waals surface area contributed by atoms with E-state index in [4.69, 9.17) is 0 Å². The Balaban J connectivity index is 1.72. The largest absolute Gasteiger partial charge is 0.352 e. The highest BCUT2D eigenvalue weighted by Gasteiger charge is 2.20. The Morgan fingerprint density at radius 1 is 1.16 bits per heavy atom. The Hall–Kier alpha value is -1.35. The van der Waals surface area contributed by atoms with Crippen LogP contribution in [0.4, 0.5) is 0 Å². The van der Waals surface area contributed by atoms with Gasteiger partial charge >= 0.3 is 0 Å². The number of carbonyl (C=O) groups excluding carboxylic acids is 1. The lowest BCUT2D eigenvalue weighted by atomic mass is 10.1. The van der Waals surface area contributed by atoms with Gasteiger partial charge in [0.25, 0.3) is 5.91 Å². The van der Waals surface area contributed by atoms with Crippen LogP contribution >= 0.6 is 15.9 Å². The van der Waals surface area contributed by atoms with Crippen LogP contribution in [0.1, 0.15) is 29.6 Å². The molecule has 0 atom stereocenters. The summed E-state index contributed by atoms with van der Waals surface area (Å²) in [6.45, 7) is 0.794. The first-order chi connectivity index (χ1) is 9.22. The summed E-state index contributed by atoms with van der Waals surface area (Å²) in [5.41, 5.74) is 0.741. The number of hydrogen-bond donors (Lipinski definition) is 1. The average molecular weight is 318 g/mol. The Morgan fingerprint density at radius 3 is 2.68 bits per heavy atom. The van der Waals surface area contributed by atoms with Crippen molar-refractivity contribution in [2.45, 2.75) is 19.3 Å². The van der Waals surface area contributed by atoms with E-state index in [1.54, 1.807) is 0 Å². The summed E-state index contributed by atoms with van der Waals surface area (Å²) in [5.74, 6) is 0.889. The van der Waals surface area contributed by atoms with Crippen LogP contribution in [0.25, 0.3) is 10.8 Å². The van der Waals surface area contributed by atoms with E-state index in [0.717, 1.165) is 39.7 Å². The second-order valence-corrected chi connectivity index (χ2v) is 6.11. The highest BCUT2D eigenvalue weighted by Crippen LogP contribution is 2.31. The topological polar surface area (TPSA) is 29.1 Å². The monoisotopic (exact) mass is 317 g/mol. The molecule has 3 heteroatoms. The molecule has 2 aromatic carbocycles. The zero-order chi connectivity index (χ0) is 13.2. The molecule has 1 aliphatic rings. The fourth-order valence-corrected chi connectivity index (χ4v) is 2.64. The molecule has 1 N–H and O–H groups in total. The molecule has 0 aromatic heterocycles. The molecule has 0 spiro atoms. The molecule has 0 radical (unpaired) electrons. The number of fused-ring (bicyclic) bond motifs is 1. The molecule has 3 rings (SSSR count). The lowest BCUT2D eigenvalue weighted by Gasteiger charge is -2.06. The van der Waals surface area contributed by atoms with Gasteiger partial charge in [-0.15, -0.1) is 0 Å². The van der Waals surface area contributed by atoms with Gasteiger partial charge in [0.15, 0.2) is 0 Å². The van der Waals surface area contributed by atoms with Crippen LogP contribution in [0, 0.1) is 5.92 Å². The molecule has 0 aliphatic heterocycles. The zero-order valence-electron chi connectivity index (χ0n) is 10.7. The maximum Gasteiger partial charge on any atom is 0.251 e. The van der Waals surface area contributed by atoms with E-state index in [1.165, 1.54) is 12.8 Å². The fraction of sp³-hybridized carbons (Fsp3) is 0.312. The molecule has 1 aliphatic carbocycles. The third-order valence-corrected chi connectivity index (χ3v) is 4.09. The van der Waals surface area contributed by atoms with Gasteiger partial charge in [-0.3, -0.25) is 4.79 Å². The maximum atomic E-state index is 12.0. The van der Waals surface area contributed by atoms with Gasteiger partial charge in [0.2, 0.25) is 0 Å². The summed E-state index contributed by atoms with van der Waals surface area (Å²) < 4.78 is 1.06. The quantitative estimate of drug-likeness (QED) is 0.902. The van der Waals surface area contributed by atoms with Crippen LogP contribution in [-0.2, 0) is 0 Å². The number of rotatable bonds is 4. The lowest BCUT2D eigenvalue weighted by molar-refractivity contribution is 0.0953. The van der Waals surface area contributed by atoms with Crippen LogP contribution in [0.15, 0.2) is 40.9 Å². The molecule has 2 nitrogen and oxygen atoms in total. The van der Waals surface area contributed by atoms with Crippen molar-refractivity contribution in [3.05, 3.63) is 46.4 Å². The minimum Gasteiger partial charge on any atom is -0.352 e. The number of benzene rings is 2. The Labute approximate surface area is 121 Å². The second-order valence-electron chi connectivity index (χ2n) is 5.19. The van der Waals surface area contributed by atoms with Gasteiger partial charge in [0.05, 0.1) is 0 Å². The van der Waals surface area contributed by atoms with Gasteiger partial charge in [-0.2, -0.15) is 0 Å². The second kappa shape index (κ2) is 5.33. The number of hydrogen-bond acceptors (Lipinski definition) is 1. The Morgan fingerprint density at radius 2 is 1.89 bits per heavy atom. The van der Waals surface area contributed by atoms with Crippen molar-refractivity contribution in [2.24, 2.45) is 5.92 Å². The molecule has 0 unspecified atom stereocenters. The van der Waals surface area contributed by atoms with Crippen LogP contribution in [-0.4, -0.2) is 12.5 Å². The van der Waals surface area contributed by atoms with E-state index in [-0.39, 0.29) is 5.91 Å². The minimum absolute atomic E-state index is 0.0328. The Kier molecular flexibility index (Phi) is 3.56. The summed E-state index contributed by atoms with van der Waals surface area (Å²) in [5, 5.41) is 5.24. The summed E-state index contributed by atoms with van der Waals surface area (Å²) in [4.78, 5) is 12.0. The zero-order valence-corrected chi connectivity index (χ0v) is 12.2. The predicted octanol–water partition coefficient (Wildman–Crippen LogP) is 4.13. The highest BCUT2D eigenvalue weighted by molar-refractivity contribution is 9.10. The van der Waals surface area contributed by atoms with E-state index >= 15 is 0 Å². The van der Waals surface area contributed by atoms with E-state index < -0.39 is 0 Å². The van der Waals surface area contributed by atoms with Crippen molar-refractivity contribution in [3.63, 3.8) is 0 Å². The van der Waals surface area contributed by atoms with Crippen LogP contribution in [0.3, 0.4) is 0 Å². The molecule has 0 bridgehead atoms. The van der Waals surface area contributed by atoms with E-state index in [9.17, 15) is 4.79 Å². The van der Waals surface area contributed by atoms with Gasteiger partial charge in [-0.05, 0) is 47.4 Å². The number of amides is 1. The number of halogens is 1. The maximum absolute atomic E-state index is 12.0. The normalized spacial score (nSPS) is 14.6. The average Bonchev–Trinajstić information content (AvgIpc) is 3.22. The molecule has 0 saturated heterocycles. The van der Waals surface area contributed by atoms with Gasteiger partial charge in [0, 0.05) is 16.6 Å². The van der Waals surface area contributed by atoms with E-state index in [0.29, 0.717) is 0 Å². The standard InChI is InChI=1S/C16H16BrNO/c17-15-6-5-12-9-14(4-3-13(12)10-15)16(19)18-8-7-11-1-2-11/h3-6,9-11H,1-2,7-8H2,(H,18,19). The van der Waals surface area contributed by atoms with Crippen molar-refractivity contribution in [3.8, 4) is 0 Å². The van der Waals surface area contributed by atoms with Crippen molar-refractivity contribution in [1.82, 2.24) is 5.32 Å².